The number of phenolic OH excluding ortho intramolecular Hbond substituents is 1. The van der Waals surface area contributed by atoms with Gasteiger partial charge in [-0.15, -0.1) is 0 Å². The van der Waals surface area contributed by atoms with Crippen molar-refractivity contribution in [1.29, 1.82) is 0 Å². The average molecular weight is 411 g/mol. The zero-order valence-electron chi connectivity index (χ0n) is 12.7. The molecule has 10 heteroatoms. The van der Waals surface area contributed by atoms with Crippen LogP contribution < -0.4 is 4.90 Å². The molecule has 0 aromatic heterocycles. The van der Waals surface area contributed by atoms with Crippen LogP contribution in [0.3, 0.4) is 0 Å². The molecule has 1 N–H and O–H groups in total. The molecule has 1 aliphatic rings. The van der Waals surface area contributed by atoms with E-state index in [9.17, 15) is 24.8 Å². The number of benzene rings is 2. The number of halogens is 2. The summed E-state index contributed by atoms with van der Waals surface area (Å²) in [7, 11) is 0. The van der Waals surface area contributed by atoms with Crippen molar-refractivity contribution in [2.45, 2.75) is 0 Å². The first-order valence-electron chi connectivity index (χ1n) is 6.98. The van der Waals surface area contributed by atoms with Crippen LogP contribution in [0.25, 0.3) is 6.08 Å². The highest BCUT2D eigenvalue weighted by molar-refractivity contribution is 8.19. The molecule has 26 heavy (non-hydrogen) atoms. The molecular formula is C16H8Cl2N2O5S. The SMILES string of the molecule is O=C1S/C(=C/c2cc(Cl)cc([N+](=O)[O-])c2O)C(=O)N1c1ccc(Cl)cc1. The minimum atomic E-state index is -0.794. The Balaban J connectivity index is 2.01. The zero-order valence-corrected chi connectivity index (χ0v) is 15.0. The molecular weight excluding hydrogens is 403 g/mol. The van der Waals surface area contributed by atoms with Gasteiger partial charge in [0, 0.05) is 21.7 Å². The second kappa shape index (κ2) is 6.99. The fourth-order valence-corrected chi connectivity index (χ4v) is 3.46. The first-order chi connectivity index (χ1) is 12.3. The van der Waals surface area contributed by atoms with E-state index in [1.807, 2.05) is 0 Å². The van der Waals surface area contributed by atoms with Crippen molar-refractivity contribution >= 4 is 63.6 Å². The maximum Gasteiger partial charge on any atom is 0.312 e. The predicted molar refractivity (Wildman–Crippen MR) is 99.7 cm³/mol. The Morgan fingerprint density at radius 1 is 1.12 bits per heavy atom. The number of amides is 2. The third-order valence-electron chi connectivity index (χ3n) is 3.45. The molecule has 2 aromatic carbocycles. The van der Waals surface area contributed by atoms with Gasteiger partial charge in [-0.3, -0.25) is 19.7 Å². The van der Waals surface area contributed by atoms with Crippen molar-refractivity contribution in [3.8, 4) is 5.75 Å². The van der Waals surface area contributed by atoms with Crippen molar-refractivity contribution < 1.29 is 19.6 Å². The van der Waals surface area contributed by atoms with Crippen molar-refractivity contribution in [1.82, 2.24) is 0 Å². The van der Waals surface area contributed by atoms with E-state index in [-0.39, 0.29) is 15.5 Å². The number of hydrogen-bond acceptors (Lipinski definition) is 6. The lowest BCUT2D eigenvalue weighted by atomic mass is 10.1. The number of thioether (sulfide) groups is 1. The minimum absolute atomic E-state index is 0.00295. The third-order valence-corrected chi connectivity index (χ3v) is 4.79. The summed E-state index contributed by atoms with van der Waals surface area (Å²) in [6.07, 6.45) is 1.19. The molecule has 1 aliphatic heterocycles. The Kier molecular flexibility index (Phi) is 4.90. The number of anilines is 1. The molecule has 132 valence electrons. The Morgan fingerprint density at radius 2 is 1.77 bits per heavy atom. The van der Waals surface area contributed by atoms with Crippen LogP contribution in [0.4, 0.5) is 16.2 Å². The number of rotatable bonds is 3. The van der Waals surface area contributed by atoms with Crippen LogP contribution in [0.2, 0.25) is 10.0 Å². The summed E-state index contributed by atoms with van der Waals surface area (Å²) in [5, 5.41) is 20.9. The zero-order chi connectivity index (χ0) is 19.0. The molecule has 0 saturated carbocycles. The van der Waals surface area contributed by atoms with Gasteiger partial charge in [-0.05, 0) is 48.2 Å². The van der Waals surface area contributed by atoms with E-state index < -0.39 is 27.5 Å². The van der Waals surface area contributed by atoms with Gasteiger partial charge >= 0.3 is 5.69 Å². The summed E-state index contributed by atoms with van der Waals surface area (Å²) in [4.78, 5) is 35.9. The minimum Gasteiger partial charge on any atom is -0.502 e. The summed E-state index contributed by atoms with van der Waals surface area (Å²) < 4.78 is 0. The monoisotopic (exact) mass is 410 g/mol. The predicted octanol–water partition coefficient (Wildman–Crippen LogP) is 4.85. The molecule has 2 aromatic rings. The number of imide groups is 1. The van der Waals surface area contributed by atoms with Gasteiger partial charge < -0.3 is 5.11 Å². The Morgan fingerprint density at radius 3 is 2.38 bits per heavy atom. The largest absolute Gasteiger partial charge is 0.502 e. The number of hydrogen-bond donors (Lipinski definition) is 1. The number of aromatic hydroxyl groups is 1. The summed E-state index contributed by atoms with van der Waals surface area (Å²) in [5.41, 5.74) is -0.298. The molecule has 3 rings (SSSR count). The summed E-state index contributed by atoms with van der Waals surface area (Å²) >= 11 is 12.3. The van der Waals surface area contributed by atoms with E-state index in [0.29, 0.717) is 22.5 Å². The lowest BCUT2D eigenvalue weighted by molar-refractivity contribution is -0.385. The van der Waals surface area contributed by atoms with Crippen LogP contribution in [0.5, 0.6) is 5.75 Å². The van der Waals surface area contributed by atoms with Crippen LogP contribution in [-0.2, 0) is 4.79 Å². The molecule has 0 spiro atoms. The molecule has 7 nitrogen and oxygen atoms in total. The van der Waals surface area contributed by atoms with E-state index in [1.54, 1.807) is 0 Å². The lowest BCUT2D eigenvalue weighted by Crippen LogP contribution is -2.27. The van der Waals surface area contributed by atoms with E-state index in [1.165, 1.54) is 36.4 Å². The first kappa shape index (κ1) is 18.2. The smallest absolute Gasteiger partial charge is 0.312 e. The number of phenols is 1. The van der Waals surface area contributed by atoms with Gasteiger partial charge in [0.05, 0.1) is 15.5 Å². The normalized spacial score (nSPS) is 15.8. The maximum atomic E-state index is 12.6. The first-order valence-corrected chi connectivity index (χ1v) is 8.55. The van der Waals surface area contributed by atoms with E-state index in [0.717, 1.165) is 11.0 Å². The molecule has 1 fully saturated rings. The van der Waals surface area contributed by atoms with E-state index in [4.69, 9.17) is 23.2 Å². The fourth-order valence-electron chi connectivity index (χ4n) is 2.28. The average Bonchev–Trinajstić information content (AvgIpc) is 2.85. The highest BCUT2D eigenvalue weighted by atomic mass is 35.5. The number of nitrogens with zero attached hydrogens (tertiary/aromatic N) is 2. The van der Waals surface area contributed by atoms with Gasteiger partial charge in [0.2, 0.25) is 5.75 Å². The molecule has 0 radical (unpaired) electrons. The fraction of sp³-hybridized carbons (Fsp3) is 0. The quantitative estimate of drug-likeness (QED) is 0.440. The van der Waals surface area contributed by atoms with Gasteiger partial charge in [-0.1, -0.05) is 23.2 Å². The molecule has 1 heterocycles. The number of nitro benzene ring substituents is 1. The standard InChI is InChI=1S/C16H8Cl2N2O5S/c17-9-1-3-11(4-2-9)19-15(22)13(26-16(19)23)6-8-5-10(18)7-12(14(8)21)20(24)25/h1-7,21H/b13-6+. The summed E-state index contributed by atoms with van der Waals surface area (Å²) in [6, 6.07) is 8.37. The third kappa shape index (κ3) is 3.39. The second-order valence-corrected chi connectivity index (χ2v) is 6.98. The molecule has 0 unspecified atom stereocenters. The van der Waals surface area contributed by atoms with E-state index in [2.05, 4.69) is 0 Å². The van der Waals surface area contributed by atoms with Gasteiger partial charge in [-0.25, -0.2) is 4.90 Å². The van der Waals surface area contributed by atoms with Crippen molar-refractivity contribution in [2.75, 3.05) is 4.90 Å². The molecule has 0 atom stereocenters. The van der Waals surface area contributed by atoms with Gasteiger partial charge in [0.15, 0.2) is 0 Å². The topological polar surface area (TPSA) is 101 Å². The second-order valence-electron chi connectivity index (χ2n) is 5.11. The molecule has 1 saturated heterocycles. The molecule has 2 amide bonds. The van der Waals surface area contributed by atoms with Crippen LogP contribution in [0, 0.1) is 10.1 Å². The van der Waals surface area contributed by atoms with Crippen LogP contribution in [0.1, 0.15) is 5.56 Å². The highest BCUT2D eigenvalue weighted by Crippen LogP contribution is 2.39. The van der Waals surface area contributed by atoms with Crippen molar-refractivity contribution in [2.24, 2.45) is 0 Å². The van der Waals surface area contributed by atoms with Crippen molar-refractivity contribution in [3.63, 3.8) is 0 Å². The van der Waals surface area contributed by atoms with Gasteiger partial charge in [0.25, 0.3) is 11.1 Å². The summed E-state index contributed by atoms with van der Waals surface area (Å²) in [5.74, 6) is -1.26. The number of carbonyl (C=O) groups is 2. The highest BCUT2D eigenvalue weighted by Gasteiger charge is 2.36. The Bertz CT molecular complexity index is 975. The lowest BCUT2D eigenvalue weighted by Gasteiger charge is -2.12. The number of nitro groups is 1. The van der Waals surface area contributed by atoms with E-state index >= 15 is 0 Å². The van der Waals surface area contributed by atoms with Gasteiger partial charge in [0.1, 0.15) is 0 Å². The maximum absolute atomic E-state index is 12.6. The summed E-state index contributed by atoms with van der Waals surface area (Å²) in [6.45, 7) is 0. The number of carbonyl (C=O) groups excluding carboxylic acids is 2. The van der Waals surface area contributed by atoms with Crippen LogP contribution in [-0.4, -0.2) is 21.2 Å². The Labute approximate surface area is 161 Å². The van der Waals surface area contributed by atoms with Gasteiger partial charge in [-0.2, -0.15) is 0 Å². The van der Waals surface area contributed by atoms with Crippen molar-refractivity contribution in [3.05, 3.63) is 67.0 Å². The Hall–Kier alpha value is -2.55. The molecule has 0 aliphatic carbocycles. The van der Waals surface area contributed by atoms with Crippen LogP contribution in [0.15, 0.2) is 41.3 Å². The molecule has 0 bridgehead atoms. The van der Waals surface area contributed by atoms with Crippen LogP contribution >= 0.6 is 35.0 Å².